The lowest BCUT2D eigenvalue weighted by Crippen LogP contribution is -2.41. The summed E-state index contributed by atoms with van der Waals surface area (Å²) < 4.78 is 0. The van der Waals surface area contributed by atoms with E-state index in [1.165, 1.54) is 25.7 Å². The number of hydrogen-bond donors (Lipinski definition) is 3. The van der Waals surface area contributed by atoms with Gasteiger partial charge in [0.2, 0.25) is 0 Å². The maximum atomic E-state index is 11.1. The molecule has 2 bridgehead atoms. The lowest BCUT2D eigenvalue weighted by Gasteiger charge is -2.21. The van der Waals surface area contributed by atoms with Crippen LogP contribution < -0.4 is 16.4 Å². The molecular weight excluding hydrogens is 178 g/mol. The molecule has 3 atom stereocenters. The number of nitrogens with one attached hydrogen (secondary N) is 2. The molecular formula is C10H19N3O. The summed E-state index contributed by atoms with van der Waals surface area (Å²) in [5, 5.41) is 5.42. The molecule has 4 nitrogen and oxygen atoms in total. The van der Waals surface area contributed by atoms with Crippen LogP contribution in [0.3, 0.4) is 0 Å². The van der Waals surface area contributed by atoms with Crippen LogP contribution in [-0.2, 0) is 0 Å². The van der Waals surface area contributed by atoms with Gasteiger partial charge in [0.15, 0.2) is 0 Å². The van der Waals surface area contributed by atoms with Crippen molar-refractivity contribution in [1.82, 2.24) is 10.6 Å². The number of urea groups is 1. The van der Waals surface area contributed by atoms with Crippen LogP contribution in [-0.4, -0.2) is 19.2 Å². The van der Waals surface area contributed by atoms with Crippen LogP contribution in [0.5, 0.6) is 0 Å². The Balaban J connectivity index is 1.69. The van der Waals surface area contributed by atoms with E-state index in [-0.39, 0.29) is 12.7 Å². The smallest absolute Gasteiger partial charge is 0.315 e. The quantitative estimate of drug-likeness (QED) is 0.581. The zero-order valence-electron chi connectivity index (χ0n) is 8.46. The molecule has 0 spiro atoms. The van der Waals surface area contributed by atoms with Crippen LogP contribution in [0, 0.1) is 17.8 Å². The molecule has 2 saturated carbocycles. The van der Waals surface area contributed by atoms with Gasteiger partial charge in [0.05, 0.1) is 6.67 Å². The monoisotopic (exact) mass is 197 g/mol. The molecule has 2 amide bonds. The Morgan fingerprint density at radius 2 is 2.14 bits per heavy atom. The first-order chi connectivity index (χ1) is 6.79. The van der Waals surface area contributed by atoms with Gasteiger partial charge in [-0.1, -0.05) is 6.42 Å². The van der Waals surface area contributed by atoms with Gasteiger partial charge in [-0.15, -0.1) is 0 Å². The molecule has 2 rings (SSSR count). The third-order valence-electron chi connectivity index (χ3n) is 3.67. The van der Waals surface area contributed by atoms with Crippen LogP contribution in [0.4, 0.5) is 4.79 Å². The van der Waals surface area contributed by atoms with Crippen LogP contribution in [0.25, 0.3) is 0 Å². The first kappa shape index (κ1) is 9.77. The Bertz CT molecular complexity index is 219. The van der Waals surface area contributed by atoms with Gasteiger partial charge in [-0.25, -0.2) is 4.79 Å². The molecule has 0 aromatic carbocycles. The second-order valence-corrected chi connectivity index (χ2v) is 4.53. The fourth-order valence-corrected chi connectivity index (χ4v) is 3.01. The topological polar surface area (TPSA) is 67.1 Å². The van der Waals surface area contributed by atoms with E-state index in [4.69, 9.17) is 5.73 Å². The van der Waals surface area contributed by atoms with Gasteiger partial charge >= 0.3 is 6.03 Å². The third-order valence-corrected chi connectivity index (χ3v) is 3.67. The van der Waals surface area contributed by atoms with Crippen molar-refractivity contribution in [2.24, 2.45) is 23.5 Å². The van der Waals surface area contributed by atoms with Crippen molar-refractivity contribution in [3.63, 3.8) is 0 Å². The van der Waals surface area contributed by atoms with Crippen molar-refractivity contribution in [3.05, 3.63) is 0 Å². The van der Waals surface area contributed by atoms with E-state index in [1.54, 1.807) is 0 Å². The van der Waals surface area contributed by atoms with E-state index < -0.39 is 0 Å². The number of carbonyl (C=O) groups is 1. The fourth-order valence-electron chi connectivity index (χ4n) is 3.01. The van der Waals surface area contributed by atoms with Crippen molar-refractivity contribution in [3.8, 4) is 0 Å². The molecule has 0 heterocycles. The second kappa shape index (κ2) is 4.17. The molecule has 3 unspecified atom stereocenters. The van der Waals surface area contributed by atoms with Gasteiger partial charge < -0.3 is 16.4 Å². The highest BCUT2D eigenvalue weighted by molar-refractivity contribution is 5.73. The van der Waals surface area contributed by atoms with E-state index in [0.29, 0.717) is 0 Å². The first-order valence-corrected chi connectivity index (χ1v) is 5.51. The number of rotatable bonds is 3. The highest BCUT2D eigenvalue weighted by atomic mass is 16.2. The van der Waals surface area contributed by atoms with Crippen LogP contribution in [0.15, 0.2) is 0 Å². The summed E-state index contributed by atoms with van der Waals surface area (Å²) in [5.74, 6) is 2.54. The van der Waals surface area contributed by atoms with Crippen molar-refractivity contribution >= 4 is 6.03 Å². The van der Waals surface area contributed by atoms with E-state index in [9.17, 15) is 4.79 Å². The SMILES string of the molecule is NCNC(=O)NCC1CC2CCC1C2. The van der Waals surface area contributed by atoms with Crippen molar-refractivity contribution in [1.29, 1.82) is 0 Å². The molecule has 2 fully saturated rings. The molecule has 0 aliphatic heterocycles. The summed E-state index contributed by atoms with van der Waals surface area (Å²) in [6.45, 7) is 1.04. The van der Waals surface area contributed by atoms with E-state index in [1.807, 2.05) is 0 Å². The van der Waals surface area contributed by atoms with Crippen LogP contribution in [0.2, 0.25) is 0 Å². The predicted octanol–water partition coefficient (Wildman–Crippen LogP) is 0.638. The molecule has 0 radical (unpaired) electrons. The Hall–Kier alpha value is -0.770. The fraction of sp³-hybridized carbons (Fsp3) is 0.900. The molecule has 0 aromatic heterocycles. The standard InChI is InChI=1S/C10H19N3O/c11-6-13-10(14)12-5-9-4-7-1-2-8(9)3-7/h7-9H,1-6,11H2,(H2,12,13,14). The van der Waals surface area contributed by atoms with Crippen LogP contribution >= 0.6 is 0 Å². The lowest BCUT2D eigenvalue weighted by atomic mass is 9.89. The Morgan fingerprint density at radius 1 is 1.29 bits per heavy atom. The summed E-state index contributed by atoms with van der Waals surface area (Å²) in [6.07, 6.45) is 5.49. The van der Waals surface area contributed by atoms with Gasteiger partial charge in [-0.3, -0.25) is 0 Å². The number of nitrogens with two attached hydrogens (primary N) is 1. The summed E-state index contributed by atoms with van der Waals surface area (Å²) in [7, 11) is 0. The average Bonchev–Trinajstić information content (AvgIpc) is 2.76. The molecule has 14 heavy (non-hydrogen) atoms. The van der Waals surface area contributed by atoms with Crippen LogP contribution in [0.1, 0.15) is 25.7 Å². The molecule has 4 N–H and O–H groups in total. The Labute approximate surface area is 84.6 Å². The first-order valence-electron chi connectivity index (χ1n) is 5.51. The zero-order valence-corrected chi connectivity index (χ0v) is 8.46. The molecule has 2 aliphatic carbocycles. The highest BCUT2D eigenvalue weighted by Gasteiger charge is 2.39. The maximum absolute atomic E-state index is 11.1. The number of hydrogen-bond acceptors (Lipinski definition) is 2. The maximum Gasteiger partial charge on any atom is 0.315 e. The Kier molecular flexibility index (Phi) is 2.91. The molecule has 4 heteroatoms. The van der Waals surface area contributed by atoms with Gasteiger partial charge in [0, 0.05) is 6.54 Å². The summed E-state index contributed by atoms with van der Waals surface area (Å²) in [4.78, 5) is 11.1. The molecule has 0 aromatic rings. The molecule has 80 valence electrons. The highest BCUT2D eigenvalue weighted by Crippen LogP contribution is 2.47. The van der Waals surface area contributed by atoms with Crippen molar-refractivity contribution < 1.29 is 4.79 Å². The van der Waals surface area contributed by atoms with Gasteiger partial charge in [0.1, 0.15) is 0 Å². The minimum Gasteiger partial charge on any atom is -0.338 e. The normalized spacial score (nSPS) is 34.5. The summed E-state index contributed by atoms with van der Waals surface area (Å²) >= 11 is 0. The number of fused-ring (bicyclic) bond motifs is 2. The van der Waals surface area contributed by atoms with Crippen molar-refractivity contribution in [2.75, 3.05) is 13.2 Å². The minimum atomic E-state index is -0.129. The van der Waals surface area contributed by atoms with E-state index in [0.717, 1.165) is 24.3 Å². The number of carbonyl (C=O) groups excluding carboxylic acids is 1. The van der Waals surface area contributed by atoms with E-state index in [2.05, 4.69) is 10.6 Å². The summed E-state index contributed by atoms with van der Waals surface area (Å²) in [6, 6.07) is -0.129. The molecule has 0 saturated heterocycles. The van der Waals surface area contributed by atoms with E-state index >= 15 is 0 Å². The van der Waals surface area contributed by atoms with Gasteiger partial charge in [-0.2, -0.15) is 0 Å². The summed E-state index contributed by atoms with van der Waals surface area (Å²) in [5.41, 5.74) is 5.20. The third kappa shape index (κ3) is 2.00. The van der Waals surface area contributed by atoms with Crippen molar-refractivity contribution in [2.45, 2.75) is 25.7 Å². The van der Waals surface area contributed by atoms with Gasteiger partial charge in [0.25, 0.3) is 0 Å². The largest absolute Gasteiger partial charge is 0.338 e. The lowest BCUT2D eigenvalue weighted by molar-refractivity contribution is 0.235. The zero-order chi connectivity index (χ0) is 9.97. The number of amides is 2. The Morgan fingerprint density at radius 3 is 2.71 bits per heavy atom. The average molecular weight is 197 g/mol. The molecule has 2 aliphatic rings. The predicted molar refractivity (Wildman–Crippen MR) is 54.5 cm³/mol. The minimum absolute atomic E-state index is 0.129. The second-order valence-electron chi connectivity index (χ2n) is 4.53. The van der Waals surface area contributed by atoms with Gasteiger partial charge in [-0.05, 0) is 37.0 Å².